The van der Waals surface area contributed by atoms with E-state index in [1.165, 1.54) is 0 Å². The third-order valence-electron chi connectivity index (χ3n) is 1.92. The zero-order chi connectivity index (χ0) is 12.9. The van der Waals surface area contributed by atoms with Gasteiger partial charge in [-0.25, -0.2) is 0 Å². The van der Waals surface area contributed by atoms with E-state index in [0.29, 0.717) is 19.7 Å². The van der Waals surface area contributed by atoms with E-state index in [0.717, 1.165) is 30.8 Å². The lowest BCUT2D eigenvalue weighted by Crippen LogP contribution is -2.21. The van der Waals surface area contributed by atoms with Crippen molar-refractivity contribution in [1.82, 2.24) is 3.71 Å². The number of hydrogen-bond acceptors (Lipinski definition) is 6. The Morgan fingerprint density at radius 2 is 1.82 bits per heavy atom. The molecule has 0 saturated heterocycles. The fourth-order valence-corrected chi connectivity index (χ4v) is 3.08. The van der Waals surface area contributed by atoms with Crippen LogP contribution in [-0.2, 0) is 9.53 Å². The monoisotopic (exact) mass is 280 g/mol. The number of ether oxygens (including phenoxy) is 1. The first kappa shape index (κ1) is 17.1. The van der Waals surface area contributed by atoms with Gasteiger partial charge in [0.1, 0.15) is 6.54 Å². The van der Waals surface area contributed by atoms with E-state index >= 15 is 0 Å². The number of carbonyl (C=O) groups excluding carboxylic acids is 1. The molecule has 0 aliphatic heterocycles. The van der Waals surface area contributed by atoms with Gasteiger partial charge in [-0.2, -0.15) is 3.71 Å². The smallest absolute Gasteiger partial charge is 0.322 e. The van der Waals surface area contributed by atoms with Crippen LogP contribution in [0.1, 0.15) is 33.1 Å². The van der Waals surface area contributed by atoms with Crippen LogP contribution in [0.3, 0.4) is 0 Å². The normalized spacial score (nSPS) is 10.8. The van der Waals surface area contributed by atoms with Gasteiger partial charge in [-0.05, 0) is 25.8 Å². The third-order valence-corrected chi connectivity index (χ3v) is 3.90. The van der Waals surface area contributed by atoms with E-state index in [-0.39, 0.29) is 5.97 Å². The molecule has 0 rings (SSSR count). The molecule has 0 fully saturated rings. The Kier molecular flexibility index (Phi) is 12.6. The van der Waals surface area contributed by atoms with Crippen molar-refractivity contribution in [3.8, 4) is 0 Å². The van der Waals surface area contributed by atoms with Crippen LogP contribution in [0.4, 0.5) is 0 Å². The van der Waals surface area contributed by atoms with Gasteiger partial charge in [0, 0.05) is 11.5 Å². The summed E-state index contributed by atoms with van der Waals surface area (Å²) in [5.41, 5.74) is 5.38. The molecule has 0 spiro atoms. The highest BCUT2D eigenvalue weighted by Crippen LogP contribution is 2.20. The summed E-state index contributed by atoms with van der Waals surface area (Å²) >= 11 is 3.31. The van der Waals surface area contributed by atoms with Crippen molar-refractivity contribution in [1.29, 1.82) is 0 Å². The average Bonchev–Trinajstić information content (AvgIpc) is 2.29. The molecule has 17 heavy (non-hydrogen) atoms. The molecule has 0 aliphatic rings. The van der Waals surface area contributed by atoms with Gasteiger partial charge >= 0.3 is 5.97 Å². The second-order valence-electron chi connectivity index (χ2n) is 3.40. The summed E-state index contributed by atoms with van der Waals surface area (Å²) in [6, 6.07) is 0. The number of hydrogen-bond donors (Lipinski definition) is 1. The van der Waals surface area contributed by atoms with Crippen molar-refractivity contribution in [2.24, 2.45) is 5.73 Å². The molecular weight excluding hydrogens is 256 g/mol. The van der Waals surface area contributed by atoms with Crippen LogP contribution in [0.15, 0.2) is 0 Å². The summed E-state index contributed by atoms with van der Waals surface area (Å²) in [7, 11) is 0. The molecule has 6 heteroatoms. The van der Waals surface area contributed by atoms with Crippen LogP contribution in [-0.4, -0.2) is 40.9 Å². The van der Waals surface area contributed by atoms with Gasteiger partial charge in [0.2, 0.25) is 0 Å². The molecule has 0 bridgehead atoms. The van der Waals surface area contributed by atoms with Crippen molar-refractivity contribution in [3.63, 3.8) is 0 Å². The van der Waals surface area contributed by atoms with Crippen molar-refractivity contribution >= 4 is 29.9 Å². The van der Waals surface area contributed by atoms with Crippen LogP contribution in [0.5, 0.6) is 0 Å². The number of rotatable bonds is 11. The molecular formula is C11H24N2O2S2. The van der Waals surface area contributed by atoms with Gasteiger partial charge in [-0.15, -0.1) is 0 Å². The summed E-state index contributed by atoms with van der Waals surface area (Å²) in [4.78, 5) is 11.5. The molecule has 0 heterocycles. The first-order valence-corrected chi connectivity index (χ1v) is 8.02. The average molecular weight is 280 g/mol. The molecule has 102 valence electrons. The Hall–Kier alpha value is 0.0900. The molecule has 0 unspecified atom stereocenters. The topological polar surface area (TPSA) is 55.6 Å². The molecule has 2 N–H and O–H groups in total. The van der Waals surface area contributed by atoms with E-state index < -0.39 is 0 Å². The van der Waals surface area contributed by atoms with Crippen LogP contribution in [0, 0.1) is 0 Å². The minimum atomic E-state index is -0.139. The fourth-order valence-electron chi connectivity index (χ4n) is 1.18. The van der Waals surface area contributed by atoms with Crippen molar-refractivity contribution < 1.29 is 9.53 Å². The summed E-state index contributed by atoms with van der Waals surface area (Å²) in [5, 5.41) is 0. The Balaban J connectivity index is 3.59. The molecule has 0 atom stereocenters. The number of nitrogens with two attached hydrogens (primary N) is 1. The second kappa shape index (κ2) is 12.5. The van der Waals surface area contributed by atoms with Crippen molar-refractivity contribution in [3.05, 3.63) is 0 Å². The maximum Gasteiger partial charge on any atom is 0.322 e. The molecule has 0 aromatic rings. The highest BCUT2D eigenvalue weighted by atomic mass is 32.2. The number of unbranched alkanes of at least 4 members (excludes halogenated alkanes) is 2. The molecule has 0 aromatic heterocycles. The van der Waals surface area contributed by atoms with Crippen molar-refractivity contribution in [2.75, 3.05) is 31.2 Å². The maximum absolute atomic E-state index is 11.5. The number of esters is 1. The Morgan fingerprint density at radius 3 is 2.35 bits per heavy atom. The largest absolute Gasteiger partial charge is 0.465 e. The molecule has 0 aromatic carbocycles. The fraction of sp³-hybridized carbons (Fsp3) is 0.909. The predicted molar refractivity (Wildman–Crippen MR) is 76.8 cm³/mol. The minimum absolute atomic E-state index is 0.139. The van der Waals surface area contributed by atoms with Crippen LogP contribution >= 0.6 is 23.9 Å². The van der Waals surface area contributed by atoms with E-state index in [1.807, 2.05) is 3.71 Å². The van der Waals surface area contributed by atoms with Gasteiger partial charge in [0.05, 0.1) is 6.61 Å². The lowest BCUT2D eigenvalue weighted by atomic mass is 10.2. The Morgan fingerprint density at radius 1 is 1.18 bits per heavy atom. The first-order chi connectivity index (χ1) is 8.24. The van der Waals surface area contributed by atoms with Crippen molar-refractivity contribution in [2.45, 2.75) is 33.1 Å². The van der Waals surface area contributed by atoms with Crippen LogP contribution in [0.2, 0.25) is 0 Å². The quantitative estimate of drug-likeness (QED) is 0.356. The highest BCUT2D eigenvalue weighted by Gasteiger charge is 2.11. The van der Waals surface area contributed by atoms with Gasteiger partial charge in [-0.3, -0.25) is 4.79 Å². The summed E-state index contributed by atoms with van der Waals surface area (Å²) in [6.07, 6.45) is 2.94. The first-order valence-electron chi connectivity index (χ1n) is 6.13. The van der Waals surface area contributed by atoms with Gasteiger partial charge in [0.25, 0.3) is 0 Å². The third kappa shape index (κ3) is 10.9. The molecule has 0 saturated carbocycles. The SMILES string of the molecule is CCSN(CC(=O)OCCCCCN)SCC. The van der Waals surface area contributed by atoms with E-state index in [9.17, 15) is 4.79 Å². The van der Waals surface area contributed by atoms with Gasteiger partial charge < -0.3 is 10.5 Å². The van der Waals surface area contributed by atoms with E-state index in [2.05, 4.69) is 13.8 Å². The van der Waals surface area contributed by atoms with E-state index in [4.69, 9.17) is 10.5 Å². The summed E-state index contributed by atoms with van der Waals surface area (Å²) in [5.74, 6) is 1.80. The Bertz CT molecular complexity index is 188. The lowest BCUT2D eigenvalue weighted by molar-refractivity contribution is -0.143. The zero-order valence-electron chi connectivity index (χ0n) is 10.8. The number of nitrogens with zero attached hydrogens (tertiary/aromatic N) is 1. The molecule has 4 nitrogen and oxygen atoms in total. The number of carbonyl (C=O) groups is 1. The Labute approximate surface area is 113 Å². The maximum atomic E-state index is 11.5. The van der Waals surface area contributed by atoms with E-state index in [1.54, 1.807) is 23.9 Å². The van der Waals surface area contributed by atoms with Crippen LogP contribution < -0.4 is 5.73 Å². The van der Waals surface area contributed by atoms with Gasteiger partial charge in [0.15, 0.2) is 0 Å². The van der Waals surface area contributed by atoms with Crippen LogP contribution in [0.25, 0.3) is 0 Å². The zero-order valence-corrected chi connectivity index (χ0v) is 12.4. The minimum Gasteiger partial charge on any atom is -0.465 e. The molecule has 0 amide bonds. The predicted octanol–water partition coefficient (Wildman–Crippen LogP) is 2.30. The van der Waals surface area contributed by atoms with Gasteiger partial charge in [-0.1, -0.05) is 37.7 Å². The molecule has 0 aliphatic carbocycles. The summed E-state index contributed by atoms with van der Waals surface area (Å²) in [6.45, 7) is 5.73. The lowest BCUT2D eigenvalue weighted by Gasteiger charge is -2.17. The second-order valence-corrected chi connectivity index (χ2v) is 6.18. The summed E-state index contributed by atoms with van der Waals surface area (Å²) < 4.78 is 7.15. The standard InChI is InChI=1S/C11H24N2O2S2/c1-3-16-13(17-4-2)10-11(14)15-9-7-5-6-8-12/h3-10,12H2,1-2H3. The molecule has 0 radical (unpaired) electrons. The highest BCUT2D eigenvalue weighted by molar-refractivity contribution is 8.12.